The standard InChI is InChI=1S/C24H30FN3O2/c1-4-28(17(2)3)24(30)21-7-5-6-8-22(21)27-15-13-20(14-16-27)26-23(29)18-9-11-19(25)12-10-18/h5-12,17,20H,4,13-16H2,1-3H3,(H,26,29). The molecule has 6 heteroatoms. The van der Waals surface area contributed by atoms with Crippen LogP contribution < -0.4 is 10.2 Å². The lowest BCUT2D eigenvalue weighted by molar-refractivity contribution is 0.0717. The summed E-state index contributed by atoms with van der Waals surface area (Å²) in [6.45, 7) is 8.23. The maximum Gasteiger partial charge on any atom is 0.256 e. The van der Waals surface area contributed by atoms with E-state index in [0.29, 0.717) is 12.1 Å². The van der Waals surface area contributed by atoms with Gasteiger partial charge in [0.1, 0.15) is 5.82 Å². The molecule has 0 aliphatic carbocycles. The number of rotatable bonds is 6. The summed E-state index contributed by atoms with van der Waals surface area (Å²) in [5, 5.41) is 3.04. The van der Waals surface area contributed by atoms with E-state index in [-0.39, 0.29) is 29.7 Å². The van der Waals surface area contributed by atoms with Gasteiger partial charge in [0.15, 0.2) is 0 Å². The van der Waals surface area contributed by atoms with Crippen LogP contribution >= 0.6 is 0 Å². The number of hydrogen-bond donors (Lipinski definition) is 1. The van der Waals surface area contributed by atoms with Crippen molar-refractivity contribution in [2.75, 3.05) is 24.5 Å². The highest BCUT2D eigenvalue weighted by molar-refractivity contribution is 6.00. The second-order valence-electron chi connectivity index (χ2n) is 7.94. The van der Waals surface area contributed by atoms with Gasteiger partial charge in [0, 0.05) is 43.0 Å². The largest absolute Gasteiger partial charge is 0.371 e. The molecular weight excluding hydrogens is 381 g/mol. The normalized spacial score (nSPS) is 14.6. The van der Waals surface area contributed by atoms with E-state index in [1.165, 1.54) is 24.3 Å². The smallest absolute Gasteiger partial charge is 0.256 e. The lowest BCUT2D eigenvalue weighted by atomic mass is 10.0. The summed E-state index contributed by atoms with van der Waals surface area (Å²) in [4.78, 5) is 29.6. The zero-order chi connectivity index (χ0) is 21.7. The predicted octanol–water partition coefficient (Wildman–Crippen LogP) is 4.10. The fourth-order valence-electron chi connectivity index (χ4n) is 3.96. The average molecular weight is 412 g/mol. The van der Waals surface area contributed by atoms with Crippen LogP contribution in [0.2, 0.25) is 0 Å². The van der Waals surface area contributed by atoms with Gasteiger partial charge in [-0.3, -0.25) is 9.59 Å². The number of halogens is 1. The highest BCUT2D eigenvalue weighted by Crippen LogP contribution is 2.26. The Kier molecular flexibility index (Phi) is 7.08. The Balaban J connectivity index is 1.65. The zero-order valence-corrected chi connectivity index (χ0v) is 17.9. The van der Waals surface area contributed by atoms with Crippen molar-refractivity contribution in [3.63, 3.8) is 0 Å². The topological polar surface area (TPSA) is 52.7 Å². The van der Waals surface area contributed by atoms with E-state index >= 15 is 0 Å². The van der Waals surface area contributed by atoms with Crippen molar-refractivity contribution < 1.29 is 14.0 Å². The fraction of sp³-hybridized carbons (Fsp3) is 0.417. The Morgan fingerprint density at radius 1 is 1.10 bits per heavy atom. The number of benzene rings is 2. The van der Waals surface area contributed by atoms with Gasteiger partial charge < -0.3 is 15.1 Å². The van der Waals surface area contributed by atoms with Gasteiger partial charge >= 0.3 is 0 Å². The molecule has 0 unspecified atom stereocenters. The van der Waals surface area contributed by atoms with E-state index in [0.717, 1.165) is 37.2 Å². The monoisotopic (exact) mass is 411 g/mol. The summed E-state index contributed by atoms with van der Waals surface area (Å²) >= 11 is 0. The van der Waals surface area contributed by atoms with Crippen LogP contribution in [0.25, 0.3) is 0 Å². The molecule has 0 saturated carbocycles. The number of carbonyl (C=O) groups excluding carboxylic acids is 2. The van der Waals surface area contributed by atoms with Crippen LogP contribution in [-0.2, 0) is 0 Å². The van der Waals surface area contributed by atoms with Gasteiger partial charge in [-0.05, 0) is 70.0 Å². The fourth-order valence-corrected chi connectivity index (χ4v) is 3.96. The van der Waals surface area contributed by atoms with Crippen molar-refractivity contribution in [2.24, 2.45) is 0 Å². The van der Waals surface area contributed by atoms with Gasteiger partial charge in [-0.25, -0.2) is 4.39 Å². The van der Waals surface area contributed by atoms with Gasteiger partial charge in [0.25, 0.3) is 11.8 Å². The van der Waals surface area contributed by atoms with Gasteiger partial charge in [-0.15, -0.1) is 0 Å². The number of para-hydroxylation sites is 1. The van der Waals surface area contributed by atoms with Crippen LogP contribution in [0.5, 0.6) is 0 Å². The van der Waals surface area contributed by atoms with E-state index in [2.05, 4.69) is 10.2 Å². The molecule has 1 heterocycles. The third kappa shape index (κ3) is 4.99. The number of carbonyl (C=O) groups is 2. The molecule has 0 spiro atoms. The quantitative estimate of drug-likeness (QED) is 0.779. The predicted molar refractivity (Wildman–Crippen MR) is 117 cm³/mol. The molecule has 160 valence electrons. The first-order valence-electron chi connectivity index (χ1n) is 10.6. The second-order valence-corrected chi connectivity index (χ2v) is 7.94. The van der Waals surface area contributed by atoms with E-state index in [9.17, 15) is 14.0 Å². The third-order valence-electron chi connectivity index (χ3n) is 5.64. The lowest BCUT2D eigenvalue weighted by Crippen LogP contribution is -2.45. The van der Waals surface area contributed by atoms with Crippen molar-refractivity contribution >= 4 is 17.5 Å². The van der Waals surface area contributed by atoms with Crippen LogP contribution in [0.1, 0.15) is 54.3 Å². The highest BCUT2D eigenvalue weighted by Gasteiger charge is 2.26. The van der Waals surface area contributed by atoms with E-state index in [4.69, 9.17) is 0 Å². The summed E-state index contributed by atoms with van der Waals surface area (Å²) in [5.41, 5.74) is 2.13. The van der Waals surface area contributed by atoms with Crippen LogP contribution in [0.3, 0.4) is 0 Å². The molecule has 3 rings (SSSR count). The molecule has 1 aliphatic rings. The molecule has 0 atom stereocenters. The number of hydrogen-bond acceptors (Lipinski definition) is 3. The summed E-state index contributed by atoms with van der Waals surface area (Å²) < 4.78 is 13.1. The van der Waals surface area contributed by atoms with Gasteiger partial charge in [-0.2, -0.15) is 0 Å². The van der Waals surface area contributed by atoms with Crippen LogP contribution in [-0.4, -0.2) is 48.4 Å². The van der Waals surface area contributed by atoms with E-state index in [1.807, 2.05) is 49.9 Å². The third-order valence-corrected chi connectivity index (χ3v) is 5.64. The molecule has 0 bridgehead atoms. The van der Waals surface area contributed by atoms with E-state index in [1.54, 1.807) is 0 Å². The molecular formula is C24H30FN3O2. The summed E-state index contributed by atoms with van der Waals surface area (Å²) in [6.07, 6.45) is 1.58. The van der Waals surface area contributed by atoms with E-state index < -0.39 is 0 Å². The highest BCUT2D eigenvalue weighted by atomic mass is 19.1. The Morgan fingerprint density at radius 2 is 1.73 bits per heavy atom. The minimum absolute atomic E-state index is 0.0508. The Labute approximate surface area is 177 Å². The molecule has 30 heavy (non-hydrogen) atoms. The van der Waals surface area contributed by atoms with Crippen molar-refractivity contribution in [1.82, 2.24) is 10.2 Å². The molecule has 5 nitrogen and oxygen atoms in total. The summed E-state index contributed by atoms with van der Waals surface area (Å²) in [7, 11) is 0. The minimum Gasteiger partial charge on any atom is -0.371 e. The molecule has 0 aromatic heterocycles. The number of nitrogens with one attached hydrogen (secondary N) is 1. The number of nitrogens with zero attached hydrogens (tertiary/aromatic N) is 2. The average Bonchev–Trinajstić information content (AvgIpc) is 2.75. The lowest BCUT2D eigenvalue weighted by Gasteiger charge is -2.35. The van der Waals surface area contributed by atoms with Crippen molar-refractivity contribution in [3.05, 3.63) is 65.5 Å². The Bertz CT molecular complexity index is 874. The SMILES string of the molecule is CCN(C(=O)c1ccccc1N1CCC(NC(=O)c2ccc(F)cc2)CC1)C(C)C. The Hall–Kier alpha value is -2.89. The molecule has 1 fully saturated rings. The molecule has 1 aliphatic heterocycles. The van der Waals surface area contributed by atoms with Gasteiger partial charge in [-0.1, -0.05) is 12.1 Å². The van der Waals surface area contributed by atoms with Gasteiger partial charge in [0.2, 0.25) is 0 Å². The van der Waals surface area contributed by atoms with Crippen molar-refractivity contribution in [2.45, 2.75) is 45.7 Å². The molecule has 1 saturated heterocycles. The number of anilines is 1. The minimum atomic E-state index is -0.354. The first-order chi connectivity index (χ1) is 14.4. The second kappa shape index (κ2) is 9.74. The summed E-state index contributed by atoms with van der Waals surface area (Å²) in [5.74, 6) is -0.485. The van der Waals surface area contributed by atoms with Gasteiger partial charge in [0.05, 0.1) is 5.56 Å². The van der Waals surface area contributed by atoms with Crippen LogP contribution in [0.15, 0.2) is 48.5 Å². The van der Waals surface area contributed by atoms with Crippen LogP contribution in [0, 0.1) is 5.82 Å². The molecule has 2 aromatic carbocycles. The Morgan fingerprint density at radius 3 is 2.33 bits per heavy atom. The first-order valence-corrected chi connectivity index (χ1v) is 10.6. The first kappa shape index (κ1) is 21.8. The molecule has 1 N–H and O–H groups in total. The summed E-state index contributed by atoms with van der Waals surface area (Å²) in [6, 6.07) is 13.5. The molecule has 2 aromatic rings. The molecule has 0 radical (unpaired) electrons. The number of amides is 2. The molecule has 2 amide bonds. The zero-order valence-electron chi connectivity index (χ0n) is 17.9. The maximum absolute atomic E-state index is 13.1. The number of piperidine rings is 1. The van der Waals surface area contributed by atoms with Crippen molar-refractivity contribution in [3.8, 4) is 0 Å². The van der Waals surface area contributed by atoms with Crippen LogP contribution in [0.4, 0.5) is 10.1 Å². The maximum atomic E-state index is 13.1. The van der Waals surface area contributed by atoms with Crippen molar-refractivity contribution in [1.29, 1.82) is 0 Å².